The lowest BCUT2D eigenvalue weighted by atomic mass is 10.2. The molecule has 0 aliphatic heterocycles. The minimum atomic E-state index is 0.734. The number of rotatable bonds is 2. The molecule has 0 bridgehead atoms. The third-order valence-corrected chi connectivity index (χ3v) is 2.39. The van der Waals surface area contributed by atoms with E-state index in [1.807, 2.05) is 24.3 Å². The van der Waals surface area contributed by atoms with Gasteiger partial charge in [0, 0.05) is 9.57 Å². The highest BCUT2D eigenvalue weighted by molar-refractivity contribution is 9.10. The van der Waals surface area contributed by atoms with E-state index in [1.54, 1.807) is 17.3 Å². The van der Waals surface area contributed by atoms with Gasteiger partial charge in [-0.15, -0.1) is 9.36 Å². The molecule has 0 unspecified atom stereocenters. The van der Waals surface area contributed by atoms with Gasteiger partial charge >= 0.3 is 0 Å². The normalized spacial score (nSPS) is 10.4. The summed E-state index contributed by atoms with van der Waals surface area (Å²) in [5.41, 5.74) is 1.19. The maximum atomic E-state index is 5.48. The lowest BCUT2D eigenvalue weighted by molar-refractivity contribution is -0.639. The van der Waals surface area contributed by atoms with E-state index in [0.717, 1.165) is 11.0 Å². The van der Waals surface area contributed by atoms with E-state index < -0.39 is 0 Å². The molecule has 1 aromatic carbocycles. The molecule has 0 saturated heterocycles. The second-order valence-electron chi connectivity index (χ2n) is 3.02. The second kappa shape index (κ2) is 3.79. The van der Waals surface area contributed by atoms with Crippen molar-refractivity contribution < 1.29 is 4.68 Å². The number of benzene rings is 1. The predicted octanol–water partition coefficient (Wildman–Crippen LogP) is 0.695. The summed E-state index contributed by atoms with van der Waals surface area (Å²) >= 11 is 3.39. The van der Waals surface area contributed by atoms with Crippen LogP contribution in [-0.2, 0) is 6.54 Å². The number of hydrogen-bond acceptors (Lipinski definition) is 2. The van der Waals surface area contributed by atoms with Gasteiger partial charge in [-0.1, -0.05) is 28.1 Å². The summed E-state index contributed by atoms with van der Waals surface area (Å²) in [6.07, 6.45) is 3.31. The first-order valence-corrected chi connectivity index (χ1v) is 4.96. The minimum Gasteiger partial charge on any atom is -0.289 e. The second-order valence-corrected chi connectivity index (χ2v) is 3.93. The molecule has 0 aliphatic rings. The lowest BCUT2D eigenvalue weighted by Crippen LogP contribution is -2.42. The summed E-state index contributed by atoms with van der Waals surface area (Å²) in [5, 5.41) is 4.08. The molecule has 0 saturated carbocycles. The van der Waals surface area contributed by atoms with Crippen molar-refractivity contribution in [3.63, 3.8) is 0 Å². The predicted molar refractivity (Wildman–Crippen MR) is 55.8 cm³/mol. The Hall–Kier alpha value is -1.36. The van der Waals surface area contributed by atoms with Crippen molar-refractivity contribution in [2.45, 2.75) is 6.54 Å². The summed E-state index contributed by atoms with van der Waals surface area (Å²) in [6, 6.07) is 8.11. The molecule has 5 heteroatoms. The van der Waals surface area contributed by atoms with Crippen LogP contribution in [0.4, 0.5) is 0 Å². The minimum absolute atomic E-state index is 0.734. The SMILES string of the molecule is N[n+]1cnn(Cc2ccc(Br)cc2)c1. The van der Waals surface area contributed by atoms with Crippen LogP contribution in [0.5, 0.6) is 0 Å². The average Bonchev–Trinajstić information content (AvgIpc) is 2.56. The van der Waals surface area contributed by atoms with Crippen molar-refractivity contribution in [1.82, 2.24) is 9.78 Å². The highest BCUT2D eigenvalue weighted by Gasteiger charge is 2.03. The van der Waals surface area contributed by atoms with E-state index in [-0.39, 0.29) is 0 Å². The standard InChI is InChI=1S/C9H10BrN4/c10-9-3-1-8(2-4-9)5-14-7-13(11)6-12-14/h1-4,6-7H,5,11H2/q+1. The summed E-state index contributed by atoms with van der Waals surface area (Å²) < 4.78 is 4.29. The first-order chi connectivity index (χ1) is 6.74. The summed E-state index contributed by atoms with van der Waals surface area (Å²) in [6.45, 7) is 0.734. The average molecular weight is 254 g/mol. The molecule has 0 radical (unpaired) electrons. The Morgan fingerprint density at radius 3 is 2.64 bits per heavy atom. The molecule has 0 amide bonds. The zero-order valence-corrected chi connectivity index (χ0v) is 9.05. The quantitative estimate of drug-likeness (QED) is 0.633. The maximum Gasteiger partial charge on any atom is 0.286 e. The molecule has 1 aromatic heterocycles. The molecular weight excluding hydrogens is 244 g/mol. The number of nitrogens with zero attached hydrogens (tertiary/aromatic N) is 3. The fraction of sp³-hybridized carbons (Fsp3) is 0.111. The van der Waals surface area contributed by atoms with Gasteiger partial charge in [0.1, 0.15) is 6.54 Å². The van der Waals surface area contributed by atoms with Crippen LogP contribution in [0.1, 0.15) is 5.56 Å². The van der Waals surface area contributed by atoms with Crippen LogP contribution in [0.3, 0.4) is 0 Å². The molecule has 0 spiro atoms. The molecule has 0 aliphatic carbocycles. The molecule has 0 atom stereocenters. The smallest absolute Gasteiger partial charge is 0.286 e. The first-order valence-electron chi connectivity index (χ1n) is 4.17. The van der Waals surface area contributed by atoms with Crippen molar-refractivity contribution in [3.8, 4) is 0 Å². The first kappa shape index (κ1) is 9.21. The van der Waals surface area contributed by atoms with Crippen molar-refractivity contribution in [1.29, 1.82) is 0 Å². The monoisotopic (exact) mass is 253 g/mol. The fourth-order valence-electron chi connectivity index (χ4n) is 1.20. The zero-order chi connectivity index (χ0) is 9.97. The molecule has 14 heavy (non-hydrogen) atoms. The molecule has 1 heterocycles. The van der Waals surface area contributed by atoms with Gasteiger partial charge < -0.3 is 0 Å². The van der Waals surface area contributed by atoms with Gasteiger partial charge in [0.2, 0.25) is 6.33 Å². The van der Waals surface area contributed by atoms with Crippen molar-refractivity contribution >= 4 is 15.9 Å². The number of nitrogen functional groups attached to an aromatic ring is 1. The van der Waals surface area contributed by atoms with Crippen molar-refractivity contribution in [2.24, 2.45) is 0 Å². The maximum absolute atomic E-state index is 5.48. The third kappa shape index (κ3) is 2.11. The molecule has 72 valence electrons. The van der Waals surface area contributed by atoms with Gasteiger partial charge in [-0.25, -0.2) is 0 Å². The highest BCUT2D eigenvalue weighted by Crippen LogP contribution is 2.10. The van der Waals surface area contributed by atoms with Gasteiger partial charge in [0.15, 0.2) is 0 Å². The Labute approximate surface area is 90.1 Å². The van der Waals surface area contributed by atoms with Gasteiger partial charge in [0.25, 0.3) is 6.33 Å². The van der Waals surface area contributed by atoms with E-state index in [4.69, 9.17) is 5.84 Å². The molecule has 2 N–H and O–H groups in total. The lowest BCUT2D eigenvalue weighted by Gasteiger charge is -1.95. The Bertz CT molecular complexity index is 421. The van der Waals surface area contributed by atoms with E-state index in [2.05, 4.69) is 21.0 Å². The van der Waals surface area contributed by atoms with E-state index in [1.165, 1.54) is 10.2 Å². The number of hydrogen-bond donors (Lipinski definition) is 1. The van der Waals surface area contributed by atoms with E-state index >= 15 is 0 Å². The Balaban J connectivity index is 2.15. The van der Waals surface area contributed by atoms with Crippen LogP contribution in [0, 0.1) is 0 Å². The zero-order valence-electron chi connectivity index (χ0n) is 7.47. The third-order valence-electron chi connectivity index (χ3n) is 1.86. The van der Waals surface area contributed by atoms with Crippen LogP contribution >= 0.6 is 15.9 Å². The molecule has 2 rings (SSSR count). The van der Waals surface area contributed by atoms with Crippen molar-refractivity contribution in [3.05, 3.63) is 47.0 Å². The van der Waals surface area contributed by atoms with Crippen LogP contribution in [0.25, 0.3) is 0 Å². The van der Waals surface area contributed by atoms with Crippen molar-refractivity contribution in [2.75, 3.05) is 5.84 Å². The Kier molecular flexibility index (Phi) is 2.49. The van der Waals surface area contributed by atoms with Crippen LogP contribution in [-0.4, -0.2) is 9.78 Å². The van der Waals surface area contributed by atoms with Gasteiger partial charge in [-0.05, 0) is 17.7 Å². The fourth-order valence-corrected chi connectivity index (χ4v) is 1.46. The number of halogens is 1. The van der Waals surface area contributed by atoms with Crippen LogP contribution < -0.4 is 10.5 Å². The number of nitrogens with two attached hydrogens (primary N) is 1. The summed E-state index contributed by atoms with van der Waals surface area (Å²) in [7, 11) is 0. The van der Waals surface area contributed by atoms with E-state index in [9.17, 15) is 0 Å². The summed E-state index contributed by atoms with van der Waals surface area (Å²) in [5.74, 6) is 5.48. The van der Waals surface area contributed by atoms with Gasteiger partial charge in [-0.3, -0.25) is 5.84 Å². The van der Waals surface area contributed by atoms with Crippen LogP contribution in [0.15, 0.2) is 41.4 Å². The number of aromatic nitrogens is 3. The topological polar surface area (TPSA) is 47.7 Å². The molecule has 0 fully saturated rings. The molecule has 4 nitrogen and oxygen atoms in total. The van der Waals surface area contributed by atoms with E-state index in [0.29, 0.717) is 0 Å². The van der Waals surface area contributed by atoms with Gasteiger partial charge in [-0.2, -0.15) is 0 Å². The highest BCUT2D eigenvalue weighted by atomic mass is 79.9. The molecular formula is C9H10BrN4+. The largest absolute Gasteiger partial charge is 0.289 e. The summed E-state index contributed by atoms with van der Waals surface area (Å²) in [4.78, 5) is 0. The molecule has 2 aromatic rings. The Morgan fingerprint density at radius 2 is 2.07 bits per heavy atom. The van der Waals surface area contributed by atoms with Gasteiger partial charge in [0.05, 0.1) is 0 Å². The van der Waals surface area contributed by atoms with Crippen LogP contribution in [0.2, 0.25) is 0 Å². The Morgan fingerprint density at radius 1 is 1.36 bits per heavy atom.